The third kappa shape index (κ3) is 3.35. The molecule has 1 atom stereocenters. The highest BCUT2D eigenvalue weighted by atomic mass is 35.5. The Balaban J connectivity index is 1.08. The summed E-state index contributed by atoms with van der Waals surface area (Å²) in [7, 11) is 0. The third-order valence-corrected chi connectivity index (χ3v) is 10.2. The van der Waals surface area contributed by atoms with Crippen molar-refractivity contribution in [2.75, 3.05) is 36.0 Å². The van der Waals surface area contributed by atoms with E-state index in [0.29, 0.717) is 22.0 Å². The molecule has 4 N–H and O–H groups in total. The first-order valence-electron chi connectivity index (χ1n) is 14.0. The van der Waals surface area contributed by atoms with E-state index in [1.165, 1.54) is 11.1 Å². The van der Waals surface area contributed by atoms with Crippen molar-refractivity contribution >= 4 is 34.4 Å². The summed E-state index contributed by atoms with van der Waals surface area (Å²) >= 11 is 6.91. The predicted octanol–water partition coefficient (Wildman–Crippen LogP) is 3.83. The van der Waals surface area contributed by atoms with Gasteiger partial charge in [0, 0.05) is 43.8 Å². The van der Waals surface area contributed by atoms with Gasteiger partial charge in [0.2, 0.25) is 5.95 Å². The van der Waals surface area contributed by atoms with Crippen LogP contribution < -0.4 is 21.1 Å². The van der Waals surface area contributed by atoms with Crippen LogP contribution in [0.2, 0.25) is 5.02 Å². The molecule has 1 aromatic carbocycles. The average molecular weight is 543 g/mol. The van der Waals surface area contributed by atoms with E-state index in [4.69, 9.17) is 22.3 Å². The van der Waals surface area contributed by atoms with Crippen molar-refractivity contribution in [2.24, 2.45) is 11.1 Å². The number of nitrogens with one attached hydrogen (secondary N) is 2. The number of pyridine rings is 1. The van der Waals surface area contributed by atoms with Crippen LogP contribution in [0.25, 0.3) is 11.0 Å². The quantitative estimate of drug-likeness (QED) is 0.358. The standard InChI is InChI=1S/C29H31ClN8O/c30-21-19(6-11-32-25(21)37-12-3-13-37)29(7-8-29)23-20-24(36-35-23)33-27(34-26(20)39)38-14-9-28(10-15-38)16-17-4-1-2-5-18(17)22(28)31/h1-2,4-6,11,22H,3,7-10,12-16,31H2,(H2,33,34,35,36,39)/t22-/m1/s1. The fourth-order valence-electron chi connectivity index (χ4n) is 7.20. The normalized spacial score (nSPS) is 22.8. The van der Waals surface area contributed by atoms with Crippen LogP contribution in [0.4, 0.5) is 11.8 Å². The van der Waals surface area contributed by atoms with Gasteiger partial charge in [-0.2, -0.15) is 10.1 Å². The second-order valence-electron chi connectivity index (χ2n) is 11.8. The lowest BCUT2D eigenvalue weighted by Gasteiger charge is -2.42. The number of hydrogen-bond acceptors (Lipinski definition) is 7. The lowest BCUT2D eigenvalue weighted by Crippen LogP contribution is -2.45. The van der Waals surface area contributed by atoms with Crippen molar-refractivity contribution in [2.45, 2.75) is 50.0 Å². The summed E-state index contributed by atoms with van der Waals surface area (Å²) in [5.74, 6) is 1.42. The van der Waals surface area contributed by atoms with E-state index in [-0.39, 0.29) is 22.4 Å². The number of piperidine rings is 1. The lowest BCUT2D eigenvalue weighted by atomic mass is 9.73. The van der Waals surface area contributed by atoms with Crippen LogP contribution in [-0.4, -0.2) is 51.3 Å². The molecule has 39 heavy (non-hydrogen) atoms. The topological polar surface area (TPSA) is 120 Å². The van der Waals surface area contributed by atoms with E-state index in [1.807, 2.05) is 12.3 Å². The van der Waals surface area contributed by atoms with Crippen molar-refractivity contribution in [1.82, 2.24) is 25.1 Å². The highest BCUT2D eigenvalue weighted by Crippen LogP contribution is 2.57. The van der Waals surface area contributed by atoms with Crippen molar-refractivity contribution in [1.29, 1.82) is 0 Å². The smallest absolute Gasteiger partial charge is 0.263 e. The first kappa shape index (κ1) is 23.5. The zero-order valence-electron chi connectivity index (χ0n) is 21.7. The molecular formula is C29H31ClN8O. The van der Waals surface area contributed by atoms with Gasteiger partial charge in [-0.15, -0.1) is 0 Å². The molecule has 2 saturated heterocycles. The van der Waals surface area contributed by atoms with Gasteiger partial charge in [0.25, 0.3) is 5.56 Å². The number of rotatable bonds is 4. The van der Waals surface area contributed by atoms with Crippen LogP contribution in [0, 0.1) is 5.41 Å². The predicted molar refractivity (Wildman–Crippen MR) is 152 cm³/mol. The third-order valence-electron chi connectivity index (χ3n) is 9.81. The number of H-pyrrole nitrogens is 2. The maximum atomic E-state index is 13.5. The number of halogens is 1. The molecule has 2 aliphatic heterocycles. The van der Waals surface area contributed by atoms with Crippen molar-refractivity contribution < 1.29 is 0 Å². The fraction of sp³-hybridized carbons (Fsp3) is 0.448. The number of fused-ring (bicyclic) bond motifs is 2. The highest BCUT2D eigenvalue weighted by molar-refractivity contribution is 6.34. The molecule has 3 aromatic heterocycles. The average Bonchev–Trinajstić information content (AvgIpc) is 3.52. The summed E-state index contributed by atoms with van der Waals surface area (Å²) in [6.07, 6.45) is 7.68. The number of nitrogens with two attached hydrogens (primary N) is 1. The number of anilines is 2. The van der Waals surface area contributed by atoms with Gasteiger partial charge in [0.05, 0.1) is 10.7 Å². The molecule has 0 unspecified atom stereocenters. The zero-order valence-corrected chi connectivity index (χ0v) is 22.5. The Morgan fingerprint density at radius 3 is 2.54 bits per heavy atom. The van der Waals surface area contributed by atoms with Crippen LogP contribution in [-0.2, 0) is 11.8 Å². The van der Waals surface area contributed by atoms with Crippen LogP contribution >= 0.6 is 11.6 Å². The molecule has 4 aliphatic rings. The Kier molecular flexibility index (Phi) is 4.98. The number of aromatic nitrogens is 5. The molecule has 1 saturated carbocycles. The van der Waals surface area contributed by atoms with Gasteiger partial charge in [0.15, 0.2) is 5.65 Å². The Morgan fingerprint density at radius 2 is 1.82 bits per heavy atom. The summed E-state index contributed by atoms with van der Waals surface area (Å²) in [6.45, 7) is 3.54. The Labute approximate surface area is 230 Å². The zero-order chi connectivity index (χ0) is 26.4. The molecular weight excluding hydrogens is 512 g/mol. The first-order valence-corrected chi connectivity index (χ1v) is 14.3. The highest BCUT2D eigenvalue weighted by Gasteiger charge is 2.51. The minimum atomic E-state index is -0.390. The fourth-order valence-corrected chi connectivity index (χ4v) is 7.61. The Hall–Kier alpha value is -3.43. The monoisotopic (exact) mass is 542 g/mol. The summed E-state index contributed by atoms with van der Waals surface area (Å²) in [5, 5.41) is 8.92. The lowest BCUT2D eigenvalue weighted by molar-refractivity contribution is 0.187. The molecule has 3 fully saturated rings. The Bertz CT molecular complexity index is 1660. The molecule has 200 valence electrons. The van der Waals surface area contributed by atoms with Crippen LogP contribution in [0.5, 0.6) is 0 Å². The molecule has 8 rings (SSSR count). The van der Waals surface area contributed by atoms with E-state index in [0.717, 1.165) is 81.8 Å². The molecule has 0 amide bonds. The molecule has 9 nitrogen and oxygen atoms in total. The van der Waals surface area contributed by atoms with Crippen molar-refractivity contribution in [3.05, 3.63) is 74.3 Å². The Morgan fingerprint density at radius 1 is 1.03 bits per heavy atom. The van der Waals surface area contributed by atoms with E-state index in [9.17, 15) is 4.79 Å². The van der Waals surface area contributed by atoms with Gasteiger partial charge < -0.3 is 15.5 Å². The number of aromatic amines is 2. The van der Waals surface area contributed by atoms with Gasteiger partial charge in [-0.05, 0) is 66.7 Å². The number of benzene rings is 1. The summed E-state index contributed by atoms with van der Waals surface area (Å²) in [5.41, 5.74) is 11.2. The van der Waals surface area contributed by atoms with Gasteiger partial charge in [-0.1, -0.05) is 35.9 Å². The number of hydrogen-bond donors (Lipinski definition) is 3. The largest absolute Gasteiger partial charge is 0.355 e. The van der Waals surface area contributed by atoms with Crippen molar-refractivity contribution in [3.8, 4) is 0 Å². The summed E-state index contributed by atoms with van der Waals surface area (Å²) < 4.78 is 0. The van der Waals surface area contributed by atoms with Gasteiger partial charge in [0.1, 0.15) is 11.2 Å². The molecule has 10 heteroatoms. The summed E-state index contributed by atoms with van der Waals surface area (Å²) in [4.78, 5) is 30.4. The molecule has 0 radical (unpaired) electrons. The molecule has 0 bridgehead atoms. The second kappa shape index (κ2) is 8.29. The first-order chi connectivity index (χ1) is 19.0. The SMILES string of the molecule is N[C@@H]1c2ccccc2CC12CCN(c1nc3[nH]nc(C4(c5ccnc(N6CCC6)c5Cl)CC4)c3c(=O)[nH]1)CC2. The number of nitrogens with zero attached hydrogens (tertiary/aromatic N) is 5. The van der Waals surface area contributed by atoms with Gasteiger partial charge in [-0.25, -0.2) is 4.98 Å². The minimum Gasteiger partial charge on any atom is -0.355 e. The van der Waals surface area contributed by atoms with Gasteiger partial charge >= 0.3 is 0 Å². The molecule has 1 spiro atoms. The van der Waals surface area contributed by atoms with E-state index >= 15 is 0 Å². The van der Waals surface area contributed by atoms with E-state index < -0.39 is 0 Å². The second-order valence-corrected chi connectivity index (χ2v) is 12.2. The molecule has 4 aromatic rings. The maximum absolute atomic E-state index is 13.5. The van der Waals surface area contributed by atoms with E-state index in [1.54, 1.807) is 0 Å². The molecule has 5 heterocycles. The minimum absolute atomic E-state index is 0.0526. The maximum Gasteiger partial charge on any atom is 0.263 e. The van der Waals surface area contributed by atoms with Crippen LogP contribution in [0.3, 0.4) is 0 Å². The van der Waals surface area contributed by atoms with Crippen LogP contribution in [0.15, 0.2) is 41.3 Å². The van der Waals surface area contributed by atoms with E-state index in [2.05, 4.69) is 54.2 Å². The van der Waals surface area contributed by atoms with Crippen LogP contribution in [0.1, 0.15) is 60.5 Å². The van der Waals surface area contributed by atoms with Crippen molar-refractivity contribution in [3.63, 3.8) is 0 Å². The molecule has 2 aliphatic carbocycles. The summed E-state index contributed by atoms with van der Waals surface area (Å²) in [6, 6.07) is 10.6. The van der Waals surface area contributed by atoms with Gasteiger partial charge in [-0.3, -0.25) is 14.9 Å².